The lowest BCUT2D eigenvalue weighted by molar-refractivity contribution is -0.689. The van der Waals surface area contributed by atoms with Gasteiger partial charge in [0.1, 0.15) is 11.1 Å². The molecule has 2 aliphatic rings. The molecule has 2 atom stereocenters. The van der Waals surface area contributed by atoms with E-state index in [1.54, 1.807) is 0 Å². The average Bonchev–Trinajstić information content (AvgIpc) is 2.80. The summed E-state index contributed by atoms with van der Waals surface area (Å²) in [5.74, 6) is -0.192. The zero-order valence-electron chi connectivity index (χ0n) is 18.0. The summed E-state index contributed by atoms with van der Waals surface area (Å²) in [5.41, 5.74) is 3.59. The molecular weight excluding hydrogens is 400 g/mol. The second-order valence-corrected chi connectivity index (χ2v) is 8.79. The van der Waals surface area contributed by atoms with Gasteiger partial charge in [-0.15, -0.1) is 0 Å². The number of rotatable bonds is 0. The molecule has 1 aliphatic carbocycles. The molecule has 32 heavy (non-hydrogen) atoms. The van der Waals surface area contributed by atoms with Crippen molar-refractivity contribution in [3.63, 3.8) is 0 Å². The minimum absolute atomic E-state index is 0.0737. The van der Waals surface area contributed by atoms with Crippen LogP contribution in [0.5, 0.6) is 0 Å². The second-order valence-electron chi connectivity index (χ2n) is 8.79. The fourth-order valence-corrected chi connectivity index (χ4v) is 4.74. The minimum Gasteiger partial charge on any atom is -0.347 e. The molecule has 1 aromatic carbocycles. The summed E-state index contributed by atoms with van der Waals surface area (Å²) in [6.07, 6.45) is 11.6. The van der Waals surface area contributed by atoms with Crippen molar-refractivity contribution in [3.05, 3.63) is 95.6 Å². The number of aromatic nitrogens is 2. The Balaban J connectivity index is 1.53. The molecule has 2 N–H and O–H groups in total. The first-order chi connectivity index (χ1) is 15.6. The lowest BCUT2D eigenvalue weighted by Crippen LogP contribution is -2.53. The molecule has 0 radical (unpaired) electrons. The van der Waals surface area contributed by atoms with Crippen molar-refractivity contribution in [1.29, 1.82) is 0 Å². The van der Waals surface area contributed by atoms with Crippen molar-refractivity contribution in [2.75, 3.05) is 0 Å². The van der Waals surface area contributed by atoms with Crippen molar-refractivity contribution in [2.24, 2.45) is 0 Å². The molecule has 0 unspecified atom stereocenters. The minimum atomic E-state index is -0.0962. The summed E-state index contributed by atoms with van der Waals surface area (Å²) in [5, 5.41) is 6.37. The highest BCUT2D eigenvalue weighted by atomic mass is 16.2. The van der Waals surface area contributed by atoms with E-state index in [1.165, 1.54) is 0 Å². The number of fused-ring (bicyclic) bond motifs is 7. The van der Waals surface area contributed by atoms with Crippen LogP contribution in [0, 0.1) is 0 Å². The number of pyridine rings is 2. The number of carbonyl (C=O) groups excluding carboxylic acids is 2. The fourth-order valence-electron chi connectivity index (χ4n) is 4.74. The number of hydrogen-bond donors (Lipinski definition) is 2. The number of hydrogen-bond acceptors (Lipinski definition) is 2. The maximum Gasteiger partial charge on any atom is 0.257 e. The maximum atomic E-state index is 13.0. The van der Waals surface area contributed by atoms with Crippen molar-refractivity contribution in [1.82, 2.24) is 10.6 Å². The van der Waals surface area contributed by atoms with Gasteiger partial charge >= 0.3 is 0 Å². The van der Waals surface area contributed by atoms with Gasteiger partial charge in [-0.05, 0) is 31.0 Å². The molecule has 2 amide bonds. The molecule has 1 aliphatic heterocycles. The van der Waals surface area contributed by atoms with Gasteiger partial charge in [0.05, 0.1) is 0 Å². The molecule has 2 aromatic heterocycles. The first kappa shape index (κ1) is 20.4. The van der Waals surface area contributed by atoms with Gasteiger partial charge in [0.25, 0.3) is 11.8 Å². The Morgan fingerprint density at radius 2 is 1.19 bits per heavy atom. The van der Waals surface area contributed by atoms with E-state index in [2.05, 4.69) is 34.9 Å². The van der Waals surface area contributed by atoms with Crippen LogP contribution in [0.4, 0.5) is 0 Å². The highest BCUT2D eigenvalue weighted by Gasteiger charge is 2.29. The molecule has 5 rings (SSSR count). The molecule has 3 aromatic rings. The van der Waals surface area contributed by atoms with Crippen LogP contribution in [0.3, 0.4) is 0 Å². The van der Waals surface area contributed by atoms with E-state index in [9.17, 15) is 9.59 Å². The number of benzene rings is 1. The van der Waals surface area contributed by atoms with Crippen LogP contribution in [0.1, 0.15) is 57.5 Å². The maximum absolute atomic E-state index is 13.0. The first-order valence-electron chi connectivity index (χ1n) is 11.3. The van der Waals surface area contributed by atoms with E-state index in [0.29, 0.717) is 24.2 Å². The zero-order valence-corrected chi connectivity index (χ0v) is 18.0. The third-order valence-electron chi connectivity index (χ3n) is 6.36. The number of amides is 2. The van der Waals surface area contributed by atoms with E-state index in [1.807, 2.05) is 58.2 Å². The summed E-state index contributed by atoms with van der Waals surface area (Å²) in [7, 11) is 0. The normalized spacial score (nSPS) is 21.0. The van der Waals surface area contributed by atoms with Crippen LogP contribution in [0.2, 0.25) is 0 Å². The number of nitrogens with one attached hydrogen (secondary N) is 2. The van der Waals surface area contributed by atoms with E-state index >= 15 is 0 Å². The lowest BCUT2D eigenvalue weighted by Gasteiger charge is -2.32. The smallest absolute Gasteiger partial charge is 0.257 e. The molecule has 0 saturated heterocycles. The summed E-state index contributed by atoms with van der Waals surface area (Å²) in [4.78, 5) is 26.1. The third kappa shape index (κ3) is 4.54. The summed E-state index contributed by atoms with van der Waals surface area (Å²) >= 11 is 0. The van der Waals surface area contributed by atoms with Crippen molar-refractivity contribution in [2.45, 2.75) is 50.9 Å². The van der Waals surface area contributed by atoms with Gasteiger partial charge in [0.15, 0.2) is 37.9 Å². The third-order valence-corrected chi connectivity index (χ3v) is 6.36. The Morgan fingerprint density at radius 1 is 0.688 bits per heavy atom. The monoisotopic (exact) mass is 428 g/mol. The Bertz CT molecular complexity index is 1070. The second kappa shape index (κ2) is 8.91. The predicted molar refractivity (Wildman–Crippen MR) is 119 cm³/mol. The molecule has 1 fully saturated rings. The van der Waals surface area contributed by atoms with E-state index in [0.717, 1.165) is 36.8 Å². The highest BCUT2D eigenvalue weighted by Crippen LogP contribution is 2.20. The summed E-state index contributed by atoms with van der Waals surface area (Å²) in [6, 6.07) is 15.8. The quantitative estimate of drug-likeness (QED) is 0.539. The molecule has 6 bridgehead atoms. The van der Waals surface area contributed by atoms with Crippen LogP contribution in [0.15, 0.2) is 73.3 Å². The highest BCUT2D eigenvalue weighted by molar-refractivity contribution is 5.95. The molecular formula is C26H28N4O2+2. The van der Waals surface area contributed by atoms with Gasteiger partial charge in [-0.2, -0.15) is 9.13 Å². The SMILES string of the molecule is O=C1N[C@H]2CCCC[C@@H]2NC(=O)c2ccc[n+](c2)Cc2cccc(c2)C[n+]2cccc1c2. The van der Waals surface area contributed by atoms with E-state index < -0.39 is 0 Å². The Morgan fingerprint density at radius 3 is 1.69 bits per heavy atom. The average molecular weight is 429 g/mol. The standard InChI is InChI=1S/C26H26N4O2/c31-25-21-8-4-12-29(17-21)15-19-6-3-7-20(14-19)16-30-13-5-9-22(18-30)26(32)28-24-11-2-1-10-23(24)27-25/h3-9,12-14,17-18,23-24H,1-2,10-11,15-16H2/p+2/t23-,24-/m0/s1. The number of nitrogens with zero attached hydrogens (tertiary/aromatic N) is 2. The van der Waals surface area contributed by atoms with Gasteiger partial charge in [0, 0.05) is 35.3 Å². The summed E-state index contributed by atoms with van der Waals surface area (Å²) in [6.45, 7) is 1.37. The molecule has 1 saturated carbocycles. The van der Waals surface area contributed by atoms with E-state index in [-0.39, 0.29) is 23.9 Å². The largest absolute Gasteiger partial charge is 0.347 e. The van der Waals surface area contributed by atoms with Crippen LogP contribution < -0.4 is 19.8 Å². The summed E-state index contributed by atoms with van der Waals surface area (Å²) < 4.78 is 4.08. The molecule has 162 valence electrons. The molecule has 3 heterocycles. The van der Waals surface area contributed by atoms with Crippen LogP contribution >= 0.6 is 0 Å². The Labute approximate surface area is 187 Å². The molecule has 0 spiro atoms. The van der Waals surface area contributed by atoms with Crippen LogP contribution in [-0.2, 0) is 13.1 Å². The van der Waals surface area contributed by atoms with Crippen LogP contribution in [-0.4, -0.2) is 23.9 Å². The Hall–Kier alpha value is -3.54. The van der Waals surface area contributed by atoms with Crippen molar-refractivity contribution >= 4 is 11.8 Å². The fraction of sp³-hybridized carbons (Fsp3) is 0.308. The molecule has 6 heteroatoms. The van der Waals surface area contributed by atoms with E-state index in [4.69, 9.17) is 0 Å². The van der Waals surface area contributed by atoms with Crippen molar-refractivity contribution < 1.29 is 18.7 Å². The van der Waals surface area contributed by atoms with Gasteiger partial charge in [-0.1, -0.05) is 31.0 Å². The van der Waals surface area contributed by atoms with Crippen LogP contribution in [0.25, 0.3) is 0 Å². The number of carbonyl (C=O) groups is 2. The van der Waals surface area contributed by atoms with Crippen molar-refractivity contribution in [3.8, 4) is 0 Å². The first-order valence-corrected chi connectivity index (χ1v) is 11.3. The van der Waals surface area contributed by atoms with Gasteiger partial charge in [-0.3, -0.25) is 9.59 Å². The van der Waals surface area contributed by atoms with Gasteiger partial charge in [0.2, 0.25) is 0 Å². The van der Waals surface area contributed by atoms with Gasteiger partial charge < -0.3 is 10.6 Å². The molecule has 6 nitrogen and oxygen atoms in total. The lowest BCUT2D eigenvalue weighted by atomic mass is 9.90. The predicted octanol–water partition coefficient (Wildman–Crippen LogP) is 2.14. The zero-order chi connectivity index (χ0) is 21.9. The Kier molecular flexibility index (Phi) is 5.67. The van der Waals surface area contributed by atoms with Gasteiger partial charge in [-0.25, -0.2) is 0 Å². The topological polar surface area (TPSA) is 66.0 Å².